The number of hydrogen-bond donors (Lipinski definition) is 1. The van der Waals surface area contributed by atoms with Gasteiger partial charge in [0.15, 0.2) is 0 Å². The van der Waals surface area contributed by atoms with E-state index >= 15 is 0 Å². The Labute approximate surface area is 116 Å². The minimum Gasteiger partial charge on any atom is -0.475 e. The molecule has 0 saturated heterocycles. The van der Waals surface area contributed by atoms with E-state index < -0.39 is 5.97 Å². The lowest BCUT2D eigenvalue weighted by atomic mass is 10.0. The van der Waals surface area contributed by atoms with Crippen LogP contribution in [-0.2, 0) is 6.42 Å². The molecule has 0 bridgehead atoms. The van der Waals surface area contributed by atoms with Crippen LogP contribution in [0.25, 0.3) is 22.1 Å². The number of aryl methyl sites for hydroxylation is 1. The molecule has 0 unspecified atom stereocenters. The Morgan fingerprint density at radius 1 is 1.05 bits per heavy atom. The molecule has 0 spiro atoms. The molecule has 3 aromatic rings. The molecule has 0 amide bonds. The van der Waals surface area contributed by atoms with Gasteiger partial charge in [0.2, 0.25) is 5.76 Å². The minimum atomic E-state index is -1.05. The third-order valence-corrected chi connectivity index (χ3v) is 3.43. The summed E-state index contributed by atoms with van der Waals surface area (Å²) in [7, 11) is 0. The highest BCUT2D eigenvalue weighted by molar-refractivity contribution is 5.92. The maximum absolute atomic E-state index is 10.9. The number of carboxylic acid groups (broad SMARTS) is 1. The lowest BCUT2D eigenvalue weighted by Crippen LogP contribution is -1.91. The van der Waals surface area contributed by atoms with Crippen LogP contribution in [0.3, 0.4) is 0 Å². The maximum atomic E-state index is 10.9. The number of benzene rings is 2. The number of aromatic carboxylic acids is 1. The SMILES string of the molecule is CCc1ccc(-c2ccc3cc(C(=O)O)oc3c2)cc1. The van der Waals surface area contributed by atoms with Gasteiger partial charge in [-0.3, -0.25) is 0 Å². The van der Waals surface area contributed by atoms with E-state index in [1.54, 1.807) is 6.07 Å². The number of furan rings is 1. The number of carbonyl (C=O) groups is 1. The summed E-state index contributed by atoms with van der Waals surface area (Å²) >= 11 is 0. The topological polar surface area (TPSA) is 50.4 Å². The molecule has 0 aliphatic rings. The van der Waals surface area contributed by atoms with Crippen LogP contribution in [0.5, 0.6) is 0 Å². The van der Waals surface area contributed by atoms with E-state index in [2.05, 4.69) is 31.2 Å². The molecular formula is C17H14O3. The van der Waals surface area contributed by atoms with Gasteiger partial charge in [-0.15, -0.1) is 0 Å². The van der Waals surface area contributed by atoms with Crippen molar-refractivity contribution in [2.75, 3.05) is 0 Å². The van der Waals surface area contributed by atoms with Gasteiger partial charge in [-0.25, -0.2) is 4.79 Å². The van der Waals surface area contributed by atoms with Crippen LogP contribution in [0.15, 0.2) is 52.9 Å². The molecule has 1 heterocycles. The average Bonchev–Trinajstić information content (AvgIpc) is 2.90. The van der Waals surface area contributed by atoms with Crippen molar-refractivity contribution >= 4 is 16.9 Å². The fraction of sp³-hybridized carbons (Fsp3) is 0.118. The molecule has 3 rings (SSSR count). The first-order chi connectivity index (χ1) is 9.67. The van der Waals surface area contributed by atoms with Crippen molar-refractivity contribution in [1.29, 1.82) is 0 Å². The Kier molecular flexibility index (Phi) is 3.03. The summed E-state index contributed by atoms with van der Waals surface area (Å²) in [5.74, 6) is -1.08. The molecule has 0 saturated carbocycles. The number of carboxylic acids is 1. The lowest BCUT2D eigenvalue weighted by molar-refractivity contribution is 0.0665. The van der Waals surface area contributed by atoms with Crippen LogP contribution in [-0.4, -0.2) is 11.1 Å². The van der Waals surface area contributed by atoms with E-state index in [1.165, 1.54) is 5.56 Å². The van der Waals surface area contributed by atoms with Crippen molar-refractivity contribution in [2.45, 2.75) is 13.3 Å². The molecule has 1 N–H and O–H groups in total. The van der Waals surface area contributed by atoms with Gasteiger partial charge in [0.1, 0.15) is 5.58 Å². The summed E-state index contributed by atoms with van der Waals surface area (Å²) in [5, 5.41) is 9.74. The second-order valence-corrected chi connectivity index (χ2v) is 4.72. The van der Waals surface area contributed by atoms with E-state index in [1.807, 2.05) is 18.2 Å². The van der Waals surface area contributed by atoms with E-state index in [-0.39, 0.29) is 5.76 Å². The van der Waals surface area contributed by atoms with Crippen molar-refractivity contribution in [3.63, 3.8) is 0 Å². The van der Waals surface area contributed by atoms with Crippen LogP contribution in [0.1, 0.15) is 23.0 Å². The van der Waals surface area contributed by atoms with Gasteiger partial charge in [0, 0.05) is 5.39 Å². The maximum Gasteiger partial charge on any atom is 0.371 e. The first-order valence-corrected chi connectivity index (χ1v) is 6.53. The molecule has 3 nitrogen and oxygen atoms in total. The van der Waals surface area contributed by atoms with Gasteiger partial charge in [0.25, 0.3) is 0 Å². The van der Waals surface area contributed by atoms with Crippen molar-refractivity contribution in [3.05, 3.63) is 59.9 Å². The van der Waals surface area contributed by atoms with E-state index in [0.717, 1.165) is 22.9 Å². The molecule has 20 heavy (non-hydrogen) atoms. The van der Waals surface area contributed by atoms with Crippen molar-refractivity contribution < 1.29 is 14.3 Å². The molecule has 0 aliphatic heterocycles. The van der Waals surface area contributed by atoms with Gasteiger partial charge < -0.3 is 9.52 Å². The van der Waals surface area contributed by atoms with Gasteiger partial charge in [-0.2, -0.15) is 0 Å². The van der Waals surface area contributed by atoms with Crippen LogP contribution >= 0.6 is 0 Å². The molecular weight excluding hydrogens is 252 g/mol. The van der Waals surface area contributed by atoms with Crippen LogP contribution in [0.2, 0.25) is 0 Å². The van der Waals surface area contributed by atoms with Crippen LogP contribution < -0.4 is 0 Å². The van der Waals surface area contributed by atoms with Crippen LogP contribution in [0, 0.1) is 0 Å². The zero-order valence-corrected chi connectivity index (χ0v) is 11.1. The normalized spacial score (nSPS) is 10.8. The largest absolute Gasteiger partial charge is 0.475 e. The fourth-order valence-corrected chi connectivity index (χ4v) is 2.25. The Morgan fingerprint density at radius 2 is 1.75 bits per heavy atom. The predicted octanol–water partition coefficient (Wildman–Crippen LogP) is 4.36. The Morgan fingerprint density at radius 3 is 2.40 bits per heavy atom. The molecule has 2 aromatic carbocycles. The van der Waals surface area contributed by atoms with Crippen LogP contribution in [0.4, 0.5) is 0 Å². The Hall–Kier alpha value is -2.55. The van der Waals surface area contributed by atoms with E-state index in [0.29, 0.717) is 5.58 Å². The highest BCUT2D eigenvalue weighted by Crippen LogP contribution is 2.27. The number of rotatable bonds is 3. The van der Waals surface area contributed by atoms with Crippen molar-refractivity contribution in [3.8, 4) is 11.1 Å². The first kappa shape index (κ1) is 12.5. The molecule has 100 valence electrons. The summed E-state index contributed by atoms with van der Waals surface area (Å²) in [6.07, 6.45) is 1.01. The third kappa shape index (κ3) is 2.18. The summed E-state index contributed by atoms with van der Waals surface area (Å²) < 4.78 is 5.34. The smallest absolute Gasteiger partial charge is 0.371 e. The Bertz CT molecular complexity index is 767. The zero-order valence-electron chi connectivity index (χ0n) is 11.1. The monoisotopic (exact) mass is 266 g/mol. The molecule has 0 atom stereocenters. The molecule has 0 radical (unpaired) electrons. The van der Waals surface area contributed by atoms with E-state index in [4.69, 9.17) is 9.52 Å². The molecule has 0 fully saturated rings. The van der Waals surface area contributed by atoms with Gasteiger partial charge in [-0.05, 0) is 35.2 Å². The summed E-state index contributed by atoms with van der Waals surface area (Å²) in [4.78, 5) is 10.9. The van der Waals surface area contributed by atoms with Gasteiger partial charge in [-0.1, -0.05) is 43.3 Å². The highest BCUT2D eigenvalue weighted by Gasteiger charge is 2.11. The second kappa shape index (κ2) is 4.85. The first-order valence-electron chi connectivity index (χ1n) is 6.53. The number of fused-ring (bicyclic) bond motifs is 1. The fourth-order valence-electron chi connectivity index (χ4n) is 2.25. The minimum absolute atomic E-state index is 0.0292. The quantitative estimate of drug-likeness (QED) is 0.766. The third-order valence-electron chi connectivity index (χ3n) is 3.43. The molecule has 0 aliphatic carbocycles. The van der Waals surface area contributed by atoms with Gasteiger partial charge >= 0.3 is 5.97 Å². The molecule has 3 heteroatoms. The average molecular weight is 266 g/mol. The summed E-state index contributed by atoms with van der Waals surface area (Å²) in [6, 6.07) is 15.6. The van der Waals surface area contributed by atoms with Crippen molar-refractivity contribution in [2.24, 2.45) is 0 Å². The molecule has 1 aromatic heterocycles. The zero-order chi connectivity index (χ0) is 14.1. The highest BCUT2D eigenvalue weighted by atomic mass is 16.4. The standard InChI is InChI=1S/C17H14O3/c1-2-11-3-5-12(6-4-11)13-7-8-14-10-16(17(18)19)20-15(14)9-13/h3-10H,2H2,1H3,(H,18,19). The van der Waals surface area contributed by atoms with E-state index in [9.17, 15) is 4.79 Å². The lowest BCUT2D eigenvalue weighted by Gasteiger charge is -2.03. The second-order valence-electron chi connectivity index (χ2n) is 4.72. The van der Waals surface area contributed by atoms with Gasteiger partial charge in [0.05, 0.1) is 0 Å². The number of hydrogen-bond acceptors (Lipinski definition) is 2. The van der Waals surface area contributed by atoms with Crippen molar-refractivity contribution in [1.82, 2.24) is 0 Å². The predicted molar refractivity (Wildman–Crippen MR) is 78.0 cm³/mol. The summed E-state index contributed by atoms with van der Waals surface area (Å²) in [6.45, 7) is 2.12. The Balaban J connectivity index is 2.04. The summed E-state index contributed by atoms with van der Waals surface area (Å²) in [5.41, 5.74) is 4.00.